The van der Waals surface area contributed by atoms with Crippen molar-refractivity contribution in [1.82, 2.24) is 0 Å². The first kappa shape index (κ1) is 33.6. The molecule has 46 heavy (non-hydrogen) atoms. The first-order valence-electron chi connectivity index (χ1n) is 14.6. The summed E-state index contributed by atoms with van der Waals surface area (Å²) in [6, 6.07) is 7.42. The first-order chi connectivity index (χ1) is 21.8. The van der Waals surface area contributed by atoms with E-state index in [1.807, 2.05) is 19.9 Å². The van der Waals surface area contributed by atoms with Crippen LogP contribution < -0.4 is 14.9 Å². The highest BCUT2D eigenvalue weighted by molar-refractivity contribution is 5.91. The van der Waals surface area contributed by atoms with Gasteiger partial charge in [0.25, 0.3) is 0 Å². The maximum Gasteiger partial charge on any atom is 0.239 e. The summed E-state index contributed by atoms with van der Waals surface area (Å²) in [6.45, 7) is 4.76. The molecule has 0 amide bonds. The van der Waals surface area contributed by atoms with Crippen molar-refractivity contribution in [2.24, 2.45) is 0 Å². The largest absolute Gasteiger partial charge is 0.507 e. The SMILES string of the molecule is COc1ccc(-c2oc3c(CC=C(C)C)c(O)cc(O)c3c(=O)c2OC2O[C@@H](C)[C@H](O)[C@@H](O)[C@H]2OC2OC[C@@H](O)[C@H](O)[C@H]2O)cc1. The fraction of sp³-hybridized carbons (Fsp3) is 0.469. The summed E-state index contributed by atoms with van der Waals surface area (Å²) in [5.74, 6) is -0.982. The highest BCUT2D eigenvalue weighted by Crippen LogP contribution is 2.40. The van der Waals surface area contributed by atoms with Crippen molar-refractivity contribution in [2.75, 3.05) is 13.7 Å². The number of allylic oxidation sites excluding steroid dienone is 2. The molecule has 2 aliphatic rings. The maximum absolute atomic E-state index is 14.2. The van der Waals surface area contributed by atoms with Gasteiger partial charge in [-0.3, -0.25) is 4.79 Å². The predicted molar refractivity (Wildman–Crippen MR) is 161 cm³/mol. The number of hydrogen-bond donors (Lipinski definition) is 7. The monoisotopic (exact) mass is 646 g/mol. The molecule has 14 nitrogen and oxygen atoms in total. The zero-order valence-electron chi connectivity index (χ0n) is 25.6. The smallest absolute Gasteiger partial charge is 0.239 e. The molecule has 5 rings (SSSR count). The molecule has 3 heterocycles. The molecule has 14 heteroatoms. The molecule has 3 aromatic rings. The van der Waals surface area contributed by atoms with E-state index in [2.05, 4.69) is 0 Å². The van der Waals surface area contributed by atoms with E-state index >= 15 is 0 Å². The van der Waals surface area contributed by atoms with Gasteiger partial charge in [-0.15, -0.1) is 0 Å². The van der Waals surface area contributed by atoms with E-state index in [0.29, 0.717) is 11.3 Å². The number of fused-ring (bicyclic) bond motifs is 1. The summed E-state index contributed by atoms with van der Waals surface area (Å²) < 4.78 is 34.5. The second-order valence-electron chi connectivity index (χ2n) is 11.6. The van der Waals surface area contributed by atoms with Crippen molar-refractivity contribution in [2.45, 2.75) is 82.5 Å². The molecular formula is C32H38O14. The van der Waals surface area contributed by atoms with Crippen LogP contribution in [0.4, 0.5) is 0 Å². The second-order valence-corrected chi connectivity index (χ2v) is 11.6. The summed E-state index contributed by atoms with van der Waals surface area (Å²) in [4.78, 5) is 14.2. The van der Waals surface area contributed by atoms with Gasteiger partial charge < -0.3 is 63.8 Å². The van der Waals surface area contributed by atoms with Gasteiger partial charge in [0.2, 0.25) is 17.5 Å². The Kier molecular flexibility index (Phi) is 9.91. The summed E-state index contributed by atoms with van der Waals surface area (Å²) in [6.07, 6.45) is -11.9. The van der Waals surface area contributed by atoms with Crippen LogP contribution in [-0.4, -0.2) is 105 Å². The van der Waals surface area contributed by atoms with E-state index in [-0.39, 0.29) is 34.5 Å². The third-order valence-corrected chi connectivity index (χ3v) is 8.01. The van der Waals surface area contributed by atoms with Crippen LogP contribution >= 0.6 is 0 Å². The van der Waals surface area contributed by atoms with Crippen molar-refractivity contribution >= 4 is 11.0 Å². The van der Waals surface area contributed by atoms with Crippen LogP contribution in [0.3, 0.4) is 0 Å². The van der Waals surface area contributed by atoms with Crippen LogP contribution in [0.25, 0.3) is 22.3 Å². The molecule has 0 aliphatic carbocycles. The second kappa shape index (κ2) is 13.6. The van der Waals surface area contributed by atoms with Crippen LogP contribution in [-0.2, 0) is 20.6 Å². The third kappa shape index (κ3) is 6.43. The molecule has 0 radical (unpaired) electrons. The quantitative estimate of drug-likeness (QED) is 0.170. The fourth-order valence-corrected chi connectivity index (χ4v) is 5.32. The molecule has 1 aromatic heterocycles. The number of hydrogen-bond acceptors (Lipinski definition) is 14. The van der Waals surface area contributed by atoms with Gasteiger partial charge in [-0.25, -0.2) is 0 Å². The number of rotatable bonds is 8. The normalized spacial score (nSPS) is 29.8. The van der Waals surface area contributed by atoms with Gasteiger partial charge in [0.05, 0.1) is 19.8 Å². The summed E-state index contributed by atoms with van der Waals surface area (Å²) in [7, 11) is 1.48. The average Bonchev–Trinajstić information content (AvgIpc) is 3.02. The summed E-state index contributed by atoms with van der Waals surface area (Å²) >= 11 is 0. The maximum atomic E-state index is 14.2. The van der Waals surface area contributed by atoms with Crippen LogP contribution in [0.2, 0.25) is 0 Å². The summed E-state index contributed by atoms with van der Waals surface area (Å²) in [5, 5.41) is 73.3. The molecule has 2 unspecified atom stereocenters. The zero-order chi connectivity index (χ0) is 33.4. The van der Waals surface area contributed by atoms with Gasteiger partial charge in [0.15, 0.2) is 18.2 Å². The predicted octanol–water partition coefficient (Wildman–Crippen LogP) is 1.06. The Hall–Kier alpha value is -3.73. The van der Waals surface area contributed by atoms with E-state index in [1.165, 1.54) is 14.0 Å². The first-order valence-corrected chi connectivity index (χ1v) is 14.6. The number of aliphatic hydroxyl groups excluding tert-OH is 5. The standard InChI is InChI=1S/C32H38O14/c1-13(2)5-10-17-18(33)11-19(34)21-24(38)29(27(44-28(17)21)15-6-8-16(41-4)9-7-15)45-32-30(25(39)22(36)14(3)43-32)46-31-26(40)23(37)20(35)12-42-31/h5-9,11,14,20,22-23,25-26,30-37,39-40H,10,12H2,1-4H3/t14-,20+,22-,23-,25+,26+,30+,31?,32?/m0/s1. The lowest BCUT2D eigenvalue weighted by atomic mass is 9.99. The summed E-state index contributed by atoms with van der Waals surface area (Å²) in [5.41, 5.74) is 0.550. The number of phenols is 2. The molecule has 250 valence electrons. The minimum absolute atomic E-state index is 0.0920. The lowest BCUT2D eigenvalue weighted by Gasteiger charge is -2.44. The van der Waals surface area contributed by atoms with Crippen LogP contribution in [0.15, 0.2) is 51.2 Å². The number of aliphatic hydroxyl groups is 5. The lowest BCUT2D eigenvalue weighted by Crippen LogP contribution is -2.62. The van der Waals surface area contributed by atoms with E-state index in [0.717, 1.165) is 11.6 Å². The van der Waals surface area contributed by atoms with Crippen LogP contribution in [0, 0.1) is 0 Å². The Labute approximate surface area is 263 Å². The molecule has 2 fully saturated rings. The van der Waals surface area contributed by atoms with E-state index in [1.54, 1.807) is 24.3 Å². The number of aromatic hydroxyl groups is 2. The number of phenolic OH excluding ortho intramolecular Hbond substituents is 2. The minimum Gasteiger partial charge on any atom is -0.507 e. The van der Waals surface area contributed by atoms with Gasteiger partial charge in [-0.05, 0) is 51.5 Å². The Balaban J connectivity index is 1.65. The van der Waals surface area contributed by atoms with Gasteiger partial charge in [-0.2, -0.15) is 0 Å². The Morgan fingerprint density at radius 3 is 2.30 bits per heavy atom. The van der Waals surface area contributed by atoms with Gasteiger partial charge in [0.1, 0.15) is 58.7 Å². The Bertz CT molecular complexity index is 1630. The average molecular weight is 647 g/mol. The van der Waals surface area contributed by atoms with Crippen molar-refractivity contribution < 1.29 is 63.8 Å². The van der Waals surface area contributed by atoms with Crippen molar-refractivity contribution in [3.8, 4) is 34.3 Å². The van der Waals surface area contributed by atoms with Crippen LogP contribution in [0.1, 0.15) is 26.3 Å². The highest BCUT2D eigenvalue weighted by atomic mass is 16.8. The van der Waals surface area contributed by atoms with Gasteiger partial charge in [-0.1, -0.05) is 11.6 Å². The molecule has 2 aliphatic heterocycles. The third-order valence-electron chi connectivity index (χ3n) is 8.01. The Morgan fingerprint density at radius 2 is 1.65 bits per heavy atom. The molecule has 2 saturated heterocycles. The number of benzene rings is 2. The minimum atomic E-state index is -1.75. The van der Waals surface area contributed by atoms with Crippen molar-refractivity contribution in [3.05, 3.63) is 57.8 Å². The zero-order valence-corrected chi connectivity index (χ0v) is 25.6. The number of ether oxygens (including phenoxy) is 5. The van der Waals surface area contributed by atoms with Crippen molar-refractivity contribution in [1.29, 1.82) is 0 Å². The molecule has 0 spiro atoms. The highest BCUT2D eigenvalue weighted by Gasteiger charge is 2.49. The lowest BCUT2D eigenvalue weighted by molar-refractivity contribution is -0.341. The molecule has 9 atom stereocenters. The van der Waals surface area contributed by atoms with Gasteiger partial charge >= 0.3 is 0 Å². The van der Waals surface area contributed by atoms with Crippen molar-refractivity contribution in [3.63, 3.8) is 0 Å². The van der Waals surface area contributed by atoms with E-state index in [4.69, 9.17) is 28.1 Å². The van der Waals surface area contributed by atoms with E-state index < -0.39 is 78.8 Å². The molecular weight excluding hydrogens is 608 g/mol. The van der Waals surface area contributed by atoms with E-state index in [9.17, 15) is 40.5 Å². The number of methoxy groups -OCH3 is 1. The Morgan fingerprint density at radius 1 is 0.957 bits per heavy atom. The van der Waals surface area contributed by atoms with Crippen LogP contribution in [0.5, 0.6) is 23.0 Å². The molecule has 2 aromatic carbocycles. The molecule has 7 N–H and O–H groups in total. The van der Waals surface area contributed by atoms with Gasteiger partial charge in [0, 0.05) is 17.2 Å². The molecule has 0 saturated carbocycles. The fourth-order valence-electron chi connectivity index (χ4n) is 5.32. The molecule has 0 bridgehead atoms. The topological polar surface area (TPSA) is 218 Å².